The number of primary amides is 1. The van der Waals surface area contributed by atoms with Gasteiger partial charge in [-0.2, -0.15) is 0 Å². The van der Waals surface area contributed by atoms with Crippen LogP contribution in [0.15, 0.2) is 0 Å². The second-order valence-corrected chi connectivity index (χ2v) is 2.05. The van der Waals surface area contributed by atoms with Crippen molar-refractivity contribution in [3.8, 4) is 0 Å². The lowest BCUT2D eigenvalue weighted by Gasteiger charge is -2.17. The van der Waals surface area contributed by atoms with Gasteiger partial charge in [0.1, 0.15) is 6.17 Å². The number of nitrogens with zero attached hydrogens (tertiary/aromatic N) is 1. The van der Waals surface area contributed by atoms with E-state index < -0.39 is 12.2 Å². The number of rotatable bonds is 3. The Morgan fingerprint density at radius 2 is 2.20 bits per heavy atom. The van der Waals surface area contributed by atoms with Crippen LogP contribution < -0.4 is 11.1 Å². The Bertz CT molecular complexity index is 135. The molecule has 10 heavy (non-hydrogen) atoms. The number of amides is 2. The van der Waals surface area contributed by atoms with E-state index in [9.17, 15) is 9.59 Å². The smallest absolute Gasteiger partial charge is 0.313 e. The van der Waals surface area contributed by atoms with E-state index in [0.717, 1.165) is 0 Å². The molecule has 0 heterocycles. The third-order valence-electron chi connectivity index (χ3n) is 0.975. The van der Waals surface area contributed by atoms with E-state index in [-0.39, 0.29) is 0 Å². The van der Waals surface area contributed by atoms with E-state index in [1.54, 1.807) is 14.1 Å². The van der Waals surface area contributed by atoms with Crippen LogP contribution in [0.5, 0.6) is 0 Å². The van der Waals surface area contributed by atoms with Crippen molar-refractivity contribution < 1.29 is 9.59 Å². The van der Waals surface area contributed by atoms with Crippen molar-refractivity contribution in [2.75, 3.05) is 14.1 Å². The van der Waals surface area contributed by atoms with Gasteiger partial charge in [-0.3, -0.25) is 9.69 Å². The summed E-state index contributed by atoms with van der Waals surface area (Å²) < 4.78 is 0. The van der Waals surface area contributed by atoms with Gasteiger partial charge in [-0.15, -0.1) is 0 Å². The Balaban J connectivity index is 3.83. The van der Waals surface area contributed by atoms with E-state index in [0.29, 0.717) is 6.29 Å². The maximum Gasteiger partial charge on any atom is 0.313 e. The molecular formula is C5H11N3O2. The fraction of sp³-hybridized carbons (Fsp3) is 0.600. The minimum Gasteiger partial charge on any atom is -0.352 e. The molecule has 0 aliphatic rings. The third kappa shape index (κ3) is 3.03. The van der Waals surface area contributed by atoms with Gasteiger partial charge in [0.25, 0.3) is 0 Å². The van der Waals surface area contributed by atoms with Gasteiger partial charge in [0.05, 0.1) is 0 Å². The quantitative estimate of drug-likeness (QED) is 0.384. The highest BCUT2D eigenvalue weighted by Gasteiger charge is 2.09. The summed E-state index contributed by atoms with van der Waals surface area (Å²) in [5.41, 5.74) is 4.77. The van der Waals surface area contributed by atoms with Crippen LogP contribution in [-0.4, -0.2) is 37.5 Å². The molecule has 2 amide bonds. The Morgan fingerprint density at radius 1 is 1.70 bits per heavy atom. The van der Waals surface area contributed by atoms with Crippen molar-refractivity contribution in [1.29, 1.82) is 0 Å². The molecule has 0 fully saturated rings. The molecule has 0 radical (unpaired) electrons. The molecule has 0 bridgehead atoms. The van der Waals surface area contributed by atoms with Crippen LogP contribution in [0.2, 0.25) is 0 Å². The lowest BCUT2D eigenvalue weighted by atomic mass is 10.5. The molecule has 0 aromatic heterocycles. The summed E-state index contributed by atoms with van der Waals surface area (Å²) in [4.78, 5) is 21.9. The largest absolute Gasteiger partial charge is 0.352 e. The second-order valence-electron chi connectivity index (χ2n) is 2.05. The number of aldehydes is 1. The van der Waals surface area contributed by atoms with Gasteiger partial charge in [0.15, 0.2) is 6.29 Å². The minimum atomic E-state index is -0.703. The predicted octanol–water partition coefficient (Wildman–Crippen LogP) is -1.26. The van der Waals surface area contributed by atoms with E-state index >= 15 is 0 Å². The molecule has 1 atom stereocenters. The molecule has 3 N–H and O–H groups in total. The molecule has 0 saturated heterocycles. The van der Waals surface area contributed by atoms with Crippen LogP contribution in [0.3, 0.4) is 0 Å². The number of likely N-dealkylation sites (N-methyl/N-ethyl adjacent to an activating group) is 1. The van der Waals surface area contributed by atoms with E-state index in [1.807, 2.05) is 0 Å². The molecule has 0 aromatic carbocycles. The van der Waals surface area contributed by atoms with Gasteiger partial charge in [-0.25, -0.2) is 4.79 Å². The standard InChI is InChI=1S/C5H11N3O2/c1-8(2)4(3-9)7-5(6)10/h3-4H,1-2H3,(H3,6,7,10). The van der Waals surface area contributed by atoms with Gasteiger partial charge in [-0.1, -0.05) is 0 Å². The SMILES string of the molecule is CN(C)C(C=O)NC(N)=O. The van der Waals surface area contributed by atoms with Gasteiger partial charge >= 0.3 is 6.03 Å². The summed E-state index contributed by atoms with van der Waals surface area (Å²) in [6.07, 6.45) is -0.0254. The fourth-order valence-electron chi connectivity index (χ4n) is 0.431. The molecule has 0 aliphatic heterocycles. The van der Waals surface area contributed by atoms with Crippen LogP contribution in [0.4, 0.5) is 4.79 Å². The molecule has 5 heteroatoms. The Kier molecular flexibility index (Phi) is 3.42. The van der Waals surface area contributed by atoms with Crippen molar-refractivity contribution in [2.24, 2.45) is 5.73 Å². The van der Waals surface area contributed by atoms with Gasteiger partial charge in [-0.05, 0) is 14.1 Å². The van der Waals surface area contributed by atoms with Crippen LogP contribution in [0, 0.1) is 0 Å². The Morgan fingerprint density at radius 3 is 2.30 bits per heavy atom. The highest BCUT2D eigenvalue weighted by molar-refractivity contribution is 5.75. The first-order chi connectivity index (χ1) is 4.57. The average Bonchev–Trinajstić information content (AvgIpc) is 1.81. The van der Waals surface area contributed by atoms with Crippen molar-refractivity contribution in [3.63, 3.8) is 0 Å². The summed E-state index contributed by atoms with van der Waals surface area (Å²) >= 11 is 0. The van der Waals surface area contributed by atoms with Crippen LogP contribution >= 0.6 is 0 Å². The van der Waals surface area contributed by atoms with Crippen molar-refractivity contribution >= 4 is 12.3 Å². The van der Waals surface area contributed by atoms with Gasteiger partial charge in [0, 0.05) is 0 Å². The normalized spacial score (nSPS) is 12.7. The highest BCUT2D eigenvalue weighted by Crippen LogP contribution is 1.81. The number of hydrogen-bond donors (Lipinski definition) is 2. The Hall–Kier alpha value is -1.10. The zero-order chi connectivity index (χ0) is 8.15. The number of urea groups is 1. The second kappa shape index (κ2) is 3.84. The summed E-state index contributed by atoms with van der Waals surface area (Å²) in [5.74, 6) is 0. The van der Waals surface area contributed by atoms with E-state index in [4.69, 9.17) is 5.73 Å². The van der Waals surface area contributed by atoms with E-state index in [1.165, 1.54) is 4.90 Å². The number of carbonyl (C=O) groups excluding carboxylic acids is 2. The maximum absolute atomic E-state index is 10.2. The van der Waals surface area contributed by atoms with E-state index in [2.05, 4.69) is 5.32 Å². The molecular weight excluding hydrogens is 134 g/mol. The van der Waals surface area contributed by atoms with Crippen molar-refractivity contribution in [2.45, 2.75) is 6.17 Å². The molecule has 0 spiro atoms. The van der Waals surface area contributed by atoms with Crippen LogP contribution in [0.25, 0.3) is 0 Å². The van der Waals surface area contributed by atoms with Gasteiger partial charge in [0.2, 0.25) is 0 Å². The topological polar surface area (TPSA) is 75.4 Å². The molecule has 58 valence electrons. The lowest BCUT2D eigenvalue weighted by Crippen LogP contribution is -2.47. The number of hydrogen-bond acceptors (Lipinski definition) is 3. The number of nitrogens with two attached hydrogens (primary N) is 1. The average molecular weight is 145 g/mol. The molecule has 5 nitrogen and oxygen atoms in total. The first-order valence-corrected chi connectivity index (χ1v) is 2.75. The van der Waals surface area contributed by atoms with Crippen LogP contribution in [0.1, 0.15) is 0 Å². The lowest BCUT2D eigenvalue weighted by molar-refractivity contribution is -0.112. The zero-order valence-corrected chi connectivity index (χ0v) is 6.00. The molecule has 0 aromatic rings. The summed E-state index contributed by atoms with van der Waals surface area (Å²) in [6.45, 7) is 0. The summed E-state index contributed by atoms with van der Waals surface area (Å²) in [5, 5.41) is 2.23. The summed E-state index contributed by atoms with van der Waals surface area (Å²) in [7, 11) is 3.32. The summed E-state index contributed by atoms with van der Waals surface area (Å²) in [6, 6.07) is -0.703. The molecule has 0 aliphatic carbocycles. The number of carbonyl (C=O) groups is 2. The van der Waals surface area contributed by atoms with Crippen molar-refractivity contribution in [1.82, 2.24) is 10.2 Å². The fourth-order valence-corrected chi connectivity index (χ4v) is 0.431. The number of nitrogens with one attached hydrogen (secondary N) is 1. The van der Waals surface area contributed by atoms with Gasteiger partial charge < -0.3 is 11.1 Å². The van der Waals surface area contributed by atoms with Crippen LogP contribution in [-0.2, 0) is 4.79 Å². The van der Waals surface area contributed by atoms with Crippen molar-refractivity contribution in [3.05, 3.63) is 0 Å². The minimum absolute atomic E-state index is 0.602. The first kappa shape index (κ1) is 8.90. The Labute approximate surface area is 59.2 Å². The molecule has 0 saturated carbocycles. The monoisotopic (exact) mass is 145 g/mol. The maximum atomic E-state index is 10.2. The highest BCUT2D eigenvalue weighted by atomic mass is 16.2. The zero-order valence-electron chi connectivity index (χ0n) is 6.00. The first-order valence-electron chi connectivity index (χ1n) is 2.75. The third-order valence-corrected chi connectivity index (χ3v) is 0.975. The molecule has 1 unspecified atom stereocenters. The predicted molar refractivity (Wildman–Crippen MR) is 36.3 cm³/mol. The molecule has 0 rings (SSSR count).